The molecule has 0 spiro atoms. The van der Waals surface area contributed by atoms with Crippen LogP contribution in [0.3, 0.4) is 0 Å². The van der Waals surface area contributed by atoms with Gasteiger partial charge in [-0.2, -0.15) is 0 Å². The molecule has 5 nitrogen and oxygen atoms in total. The van der Waals surface area contributed by atoms with Gasteiger partial charge in [0, 0.05) is 11.1 Å². The summed E-state index contributed by atoms with van der Waals surface area (Å²) in [4.78, 5) is 11.5. The smallest absolute Gasteiger partial charge is 0.333 e. The molecule has 0 aliphatic heterocycles. The van der Waals surface area contributed by atoms with Gasteiger partial charge in [0.2, 0.25) is 0 Å². The van der Waals surface area contributed by atoms with E-state index in [1.54, 1.807) is 6.92 Å². The third-order valence-electron chi connectivity index (χ3n) is 5.17. The summed E-state index contributed by atoms with van der Waals surface area (Å²) >= 11 is 0. The Balaban J connectivity index is 1.73. The van der Waals surface area contributed by atoms with Crippen molar-refractivity contribution in [1.29, 1.82) is 0 Å². The number of benzene rings is 3. The van der Waals surface area contributed by atoms with E-state index in [0.29, 0.717) is 23.5 Å². The quantitative estimate of drug-likeness (QED) is 0.240. The molecule has 0 bridgehead atoms. The zero-order valence-corrected chi connectivity index (χ0v) is 19.2. The van der Waals surface area contributed by atoms with E-state index >= 15 is 0 Å². The second kappa shape index (κ2) is 11.9. The highest BCUT2D eigenvalue weighted by molar-refractivity contribution is 5.86. The number of aryl methyl sites for hydroxylation is 1. The number of hydrogen-bond donors (Lipinski definition) is 1. The highest BCUT2D eigenvalue weighted by Gasteiger charge is 2.11. The van der Waals surface area contributed by atoms with Crippen LogP contribution in [0, 0.1) is 0 Å². The summed E-state index contributed by atoms with van der Waals surface area (Å²) in [7, 11) is 0. The Morgan fingerprint density at radius 2 is 1.73 bits per heavy atom. The van der Waals surface area contributed by atoms with Crippen molar-refractivity contribution >= 4 is 5.97 Å². The molecule has 3 aromatic carbocycles. The van der Waals surface area contributed by atoms with Gasteiger partial charge < -0.3 is 19.3 Å². The van der Waals surface area contributed by atoms with Crippen LogP contribution in [0.1, 0.15) is 30.5 Å². The summed E-state index contributed by atoms with van der Waals surface area (Å²) in [6.07, 6.45) is 0.864. The van der Waals surface area contributed by atoms with Crippen molar-refractivity contribution in [3.63, 3.8) is 0 Å². The SMILES string of the molecule is C=C(C)C(=O)OCCOc1cc(-c2ccc(COc3ccccc3)cc2CC)ccc1CO. The molecule has 3 aromatic rings. The number of rotatable bonds is 11. The van der Waals surface area contributed by atoms with Gasteiger partial charge in [0.05, 0.1) is 6.61 Å². The Morgan fingerprint density at radius 3 is 2.42 bits per heavy atom. The molecule has 1 N–H and O–H groups in total. The Bertz CT molecular complexity index is 1090. The minimum Gasteiger partial charge on any atom is -0.490 e. The Hall–Kier alpha value is -3.57. The van der Waals surface area contributed by atoms with Crippen molar-refractivity contribution < 1.29 is 24.1 Å². The number of hydrogen-bond acceptors (Lipinski definition) is 5. The van der Waals surface area contributed by atoms with Crippen LogP contribution in [0.15, 0.2) is 78.9 Å². The zero-order chi connectivity index (χ0) is 23.6. The topological polar surface area (TPSA) is 65.0 Å². The minimum atomic E-state index is -0.446. The third kappa shape index (κ3) is 6.70. The first kappa shape index (κ1) is 24.1. The highest BCUT2D eigenvalue weighted by Crippen LogP contribution is 2.31. The highest BCUT2D eigenvalue weighted by atomic mass is 16.6. The molecular formula is C28H30O5. The first-order valence-electron chi connectivity index (χ1n) is 11.0. The summed E-state index contributed by atoms with van der Waals surface area (Å²) in [5.41, 5.74) is 5.41. The predicted octanol–water partition coefficient (Wildman–Crippen LogP) is 5.49. The maximum Gasteiger partial charge on any atom is 0.333 e. The summed E-state index contributed by atoms with van der Waals surface area (Å²) in [6.45, 7) is 7.93. The molecule has 5 heteroatoms. The number of aliphatic hydroxyl groups excluding tert-OH is 1. The molecule has 0 fully saturated rings. The largest absolute Gasteiger partial charge is 0.490 e. The number of carbonyl (C=O) groups is 1. The fourth-order valence-corrected chi connectivity index (χ4v) is 3.39. The molecule has 0 saturated heterocycles. The van der Waals surface area contributed by atoms with Crippen LogP contribution in [0.5, 0.6) is 11.5 Å². The number of esters is 1. The van der Waals surface area contributed by atoms with Gasteiger partial charge in [0.15, 0.2) is 0 Å². The van der Waals surface area contributed by atoms with Gasteiger partial charge in [-0.3, -0.25) is 0 Å². The van der Waals surface area contributed by atoms with E-state index in [1.165, 1.54) is 5.56 Å². The molecule has 0 unspecified atom stereocenters. The Kier molecular flexibility index (Phi) is 8.67. The Labute approximate surface area is 195 Å². The van der Waals surface area contributed by atoms with Gasteiger partial charge in [-0.1, -0.05) is 62.0 Å². The fraction of sp³-hybridized carbons (Fsp3) is 0.250. The number of carbonyl (C=O) groups excluding carboxylic acids is 1. The predicted molar refractivity (Wildman–Crippen MR) is 129 cm³/mol. The molecule has 0 saturated carbocycles. The summed E-state index contributed by atoms with van der Waals surface area (Å²) < 4.78 is 16.8. The van der Waals surface area contributed by atoms with Gasteiger partial charge in [0.1, 0.15) is 31.3 Å². The second-order valence-corrected chi connectivity index (χ2v) is 7.69. The van der Waals surface area contributed by atoms with Crippen molar-refractivity contribution in [2.24, 2.45) is 0 Å². The van der Waals surface area contributed by atoms with Gasteiger partial charge >= 0.3 is 5.97 Å². The molecule has 0 atom stereocenters. The summed E-state index contributed by atoms with van der Waals surface area (Å²) in [5, 5.41) is 9.70. The molecule has 0 aliphatic rings. The average Bonchev–Trinajstić information content (AvgIpc) is 2.85. The van der Waals surface area contributed by atoms with Gasteiger partial charge in [-0.15, -0.1) is 0 Å². The lowest BCUT2D eigenvalue weighted by Gasteiger charge is -2.15. The summed E-state index contributed by atoms with van der Waals surface area (Å²) in [5.74, 6) is 0.966. The van der Waals surface area contributed by atoms with Crippen LogP contribution in [-0.4, -0.2) is 24.3 Å². The molecule has 0 aromatic heterocycles. The van der Waals surface area contributed by atoms with Crippen molar-refractivity contribution in [2.45, 2.75) is 33.5 Å². The van der Waals surface area contributed by atoms with Crippen LogP contribution in [0.2, 0.25) is 0 Å². The Morgan fingerprint density at radius 1 is 0.939 bits per heavy atom. The molecule has 0 amide bonds. The number of aliphatic hydroxyl groups is 1. The van der Waals surface area contributed by atoms with Gasteiger partial charge in [-0.25, -0.2) is 4.79 Å². The molecule has 0 heterocycles. The van der Waals surface area contributed by atoms with Crippen molar-refractivity contribution in [3.05, 3.63) is 95.6 Å². The van der Waals surface area contributed by atoms with Crippen LogP contribution in [-0.2, 0) is 29.2 Å². The van der Waals surface area contributed by atoms with E-state index in [-0.39, 0.29) is 19.8 Å². The normalized spacial score (nSPS) is 10.5. The first-order valence-corrected chi connectivity index (χ1v) is 11.0. The molecule has 172 valence electrons. The third-order valence-corrected chi connectivity index (χ3v) is 5.17. The maximum absolute atomic E-state index is 11.5. The van der Waals surface area contributed by atoms with Gasteiger partial charge in [0.25, 0.3) is 0 Å². The zero-order valence-electron chi connectivity index (χ0n) is 19.2. The van der Waals surface area contributed by atoms with Crippen LogP contribution >= 0.6 is 0 Å². The monoisotopic (exact) mass is 446 g/mol. The standard InChI is InChI=1S/C28H30O5/c1-4-22-16-21(19-33-25-8-6-5-7-9-25)10-13-26(22)23-11-12-24(18-29)27(17-23)31-14-15-32-28(30)20(2)3/h5-13,16-17,29H,2,4,14-15,18-19H2,1,3H3. The number of ether oxygens (including phenoxy) is 3. The van der Waals surface area contributed by atoms with Crippen molar-refractivity contribution in [2.75, 3.05) is 13.2 Å². The molecule has 0 radical (unpaired) electrons. The first-order chi connectivity index (χ1) is 16.0. The lowest BCUT2D eigenvalue weighted by Crippen LogP contribution is -2.13. The molecule has 0 aliphatic carbocycles. The van der Waals surface area contributed by atoms with Crippen molar-refractivity contribution in [1.82, 2.24) is 0 Å². The van der Waals surface area contributed by atoms with Crippen molar-refractivity contribution in [3.8, 4) is 22.6 Å². The lowest BCUT2D eigenvalue weighted by molar-refractivity contribution is -0.139. The molecular weight excluding hydrogens is 416 g/mol. The van der Waals surface area contributed by atoms with Gasteiger partial charge in [-0.05, 0) is 53.8 Å². The summed E-state index contributed by atoms with van der Waals surface area (Å²) in [6, 6.07) is 21.8. The van der Waals surface area contributed by atoms with Crippen LogP contribution in [0.25, 0.3) is 11.1 Å². The fourth-order valence-electron chi connectivity index (χ4n) is 3.39. The van der Waals surface area contributed by atoms with E-state index in [1.807, 2.05) is 48.5 Å². The van der Waals surface area contributed by atoms with E-state index in [0.717, 1.165) is 28.9 Å². The molecule has 33 heavy (non-hydrogen) atoms. The van der Waals surface area contributed by atoms with E-state index in [2.05, 4.69) is 31.7 Å². The molecule has 3 rings (SSSR count). The van der Waals surface area contributed by atoms with Crippen LogP contribution < -0.4 is 9.47 Å². The average molecular weight is 447 g/mol. The van der Waals surface area contributed by atoms with E-state index in [9.17, 15) is 9.90 Å². The maximum atomic E-state index is 11.5. The second-order valence-electron chi connectivity index (χ2n) is 7.69. The van der Waals surface area contributed by atoms with Crippen LogP contribution in [0.4, 0.5) is 0 Å². The van der Waals surface area contributed by atoms with E-state index in [4.69, 9.17) is 14.2 Å². The minimum absolute atomic E-state index is 0.108. The number of para-hydroxylation sites is 1. The lowest BCUT2D eigenvalue weighted by atomic mass is 9.95. The van der Waals surface area contributed by atoms with E-state index < -0.39 is 5.97 Å².